The van der Waals surface area contributed by atoms with E-state index in [2.05, 4.69) is 38.2 Å². The third-order valence-corrected chi connectivity index (χ3v) is 6.98. The Kier molecular flexibility index (Phi) is 4.75. The average molecular weight is 356 g/mol. The van der Waals surface area contributed by atoms with Crippen LogP contribution in [0.3, 0.4) is 0 Å². The first kappa shape index (κ1) is 17.9. The number of ether oxygens (including phenoxy) is 1. The Balaban J connectivity index is 1.25. The van der Waals surface area contributed by atoms with Crippen LogP contribution >= 0.6 is 0 Å². The molecule has 1 aromatic rings. The Morgan fingerprint density at radius 3 is 2.12 bits per heavy atom. The molecular weight excluding hydrogens is 322 g/mol. The second-order valence-electron chi connectivity index (χ2n) is 9.52. The van der Waals surface area contributed by atoms with Gasteiger partial charge < -0.3 is 10.1 Å². The van der Waals surface area contributed by atoms with Crippen molar-refractivity contribution in [3.8, 4) is 5.75 Å². The predicted molar refractivity (Wildman–Crippen MR) is 104 cm³/mol. The summed E-state index contributed by atoms with van der Waals surface area (Å²) in [7, 11) is 0. The van der Waals surface area contributed by atoms with Crippen molar-refractivity contribution in [3.05, 3.63) is 28.8 Å². The summed E-state index contributed by atoms with van der Waals surface area (Å²) in [4.78, 5) is 12.6. The molecule has 4 saturated carbocycles. The number of amides is 1. The van der Waals surface area contributed by atoms with Crippen LogP contribution in [-0.4, -0.2) is 19.1 Å². The van der Waals surface area contributed by atoms with Crippen LogP contribution in [0.25, 0.3) is 0 Å². The highest BCUT2D eigenvalue weighted by Crippen LogP contribution is 2.61. The van der Waals surface area contributed by atoms with Gasteiger partial charge in [0.25, 0.3) is 0 Å². The SMILES string of the molecule is Cc1cc(C)c(OCCNC(=O)CC23CC4CC(CC(C4)C2)C3)c(C)c1. The van der Waals surface area contributed by atoms with Crippen LogP contribution in [0.4, 0.5) is 0 Å². The van der Waals surface area contributed by atoms with E-state index in [1.807, 2.05) is 0 Å². The van der Waals surface area contributed by atoms with Gasteiger partial charge in [0.2, 0.25) is 5.91 Å². The Labute approximate surface area is 157 Å². The molecule has 0 aromatic heterocycles. The number of rotatable bonds is 6. The maximum atomic E-state index is 12.6. The first-order valence-electron chi connectivity index (χ1n) is 10.4. The summed E-state index contributed by atoms with van der Waals surface area (Å²) in [5.41, 5.74) is 3.92. The first-order valence-corrected chi connectivity index (χ1v) is 10.4. The van der Waals surface area contributed by atoms with Crippen molar-refractivity contribution in [3.63, 3.8) is 0 Å². The van der Waals surface area contributed by atoms with Gasteiger partial charge in [0.1, 0.15) is 12.4 Å². The molecule has 0 heterocycles. The van der Waals surface area contributed by atoms with Crippen LogP contribution < -0.4 is 10.1 Å². The second kappa shape index (κ2) is 6.90. The number of nitrogens with one attached hydrogen (secondary N) is 1. The zero-order chi connectivity index (χ0) is 18.3. The standard InChI is InChI=1S/C23H33NO2/c1-15-6-16(2)22(17(3)7-15)26-5-4-24-21(25)14-23-11-18-8-19(12-23)10-20(9-18)13-23/h6-7,18-20H,4-5,8-14H2,1-3H3,(H,24,25). The zero-order valence-corrected chi connectivity index (χ0v) is 16.6. The highest BCUT2D eigenvalue weighted by molar-refractivity contribution is 5.76. The maximum absolute atomic E-state index is 12.6. The van der Waals surface area contributed by atoms with E-state index in [0.29, 0.717) is 18.6 Å². The van der Waals surface area contributed by atoms with Gasteiger partial charge in [-0.05, 0) is 93.6 Å². The van der Waals surface area contributed by atoms with E-state index in [0.717, 1.165) is 29.9 Å². The summed E-state index contributed by atoms with van der Waals surface area (Å²) in [6.07, 6.45) is 8.93. The molecule has 0 atom stereocenters. The number of carbonyl (C=O) groups excluding carboxylic acids is 1. The quantitative estimate of drug-likeness (QED) is 0.750. The van der Waals surface area contributed by atoms with E-state index in [1.165, 1.54) is 55.2 Å². The lowest BCUT2D eigenvalue weighted by molar-refractivity contribution is -0.129. The van der Waals surface area contributed by atoms with Crippen molar-refractivity contribution in [1.82, 2.24) is 5.32 Å². The Bertz CT molecular complexity index is 635. The summed E-state index contributed by atoms with van der Waals surface area (Å²) >= 11 is 0. The highest BCUT2D eigenvalue weighted by atomic mass is 16.5. The monoisotopic (exact) mass is 355 g/mol. The minimum Gasteiger partial charge on any atom is -0.491 e. The van der Waals surface area contributed by atoms with Crippen LogP contribution in [0.1, 0.15) is 61.6 Å². The van der Waals surface area contributed by atoms with Crippen molar-refractivity contribution < 1.29 is 9.53 Å². The van der Waals surface area contributed by atoms with E-state index >= 15 is 0 Å². The lowest BCUT2D eigenvalue weighted by Crippen LogP contribution is -2.48. The van der Waals surface area contributed by atoms with Crippen molar-refractivity contribution in [2.24, 2.45) is 23.2 Å². The van der Waals surface area contributed by atoms with E-state index in [1.54, 1.807) is 0 Å². The summed E-state index contributed by atoms with van der Waals surface area (Å²) in [6, 6.07) is 4.29. The number of aryl methyl sites for hydroxylation is 3. The van der Waals surface area contributed by atoms with E-state index in [9.17, 15) is 4.79 Å². The van der Waals surface area contributed by atoms with Gasteiger partial charge in [0, 0.05) is 6.42 Å². The van der Waals surface area contributed by atoms with Gasteiger partial charge in [-0.2, -0.15) is 0 Å². The van der Waals surface area contributed by atoms with E-state index < -0.39 is 0 Å². The number of hydrogen-bond acceptors (Lipinski definition) is 2. The third-order valence-electron chi connectivity index (χ3n) is 6.98. The molecule has 1 aromatic carbocycles. The van der Waals surface area contributed by atoms with Gasteiger partial charge in [-0.3, -0.25) is 4.79 Å². The lowest BCUT2D eigenvalue weighted by atomic mass is 9.49. The molecule has 142 valence electrons. The fraction of sp³-hybridized carbons (Fsp3) is 0.696. The fourth-order valence-electron chi connectivity index (χ4n) is 6.65. The van der Waals surface area contributed by atoms with Crippen LogP contribution in [-0.2, 0) is 4.79 Å². The molecule has 26 heavy (non-hydrogen) atoms. The van der Waals surface area contributed by atoms with E-state index in [4.69, 9.17) is 4.74 Å². The summed E-state index contributed by atoms with van der Waals surface area (Å²) in [5, 5.41) is 3.11. The number of hydrogen-bond donors (Lipinski definition) is 1. The van der Waals surface area contributed by atoms with Gasteiger partial charge in [0.05, 0.1) is 6.54 Å². The average Bonchev–Trinajstić information content (AvgIpc) is 2.51. The molecule has 0 aliphatic heterocycles. The molecule has 1 amide bonds. The largest absolute Gasteiger partial charge is 0.491 e. The molecule has 5 rings (SSSR count). The molecule has 4 fully saturated rings. The minimum absolute atomic E-state index is 0.230. The predicted octanol–water partition coefficient (Wildman–Crippen LogP) is 4.71. The van der Waals surface area contributed by atoms with Gasteiger partial charge in [-0.15, -0.1) is 0 Å². The van der Waals surface area contributed by atoms with Gasteiger partial charge in [-0.25, -0.2) is 0 Å². The van der Waals surface area contributed by atoms with Gasteiger partial charge >= 0.3 is 0 Å². The van der Waals surface area contributed by atoms with E-state index in [-0.39, 0.29) is 5.91 Å². The minimum atomic E-state index is 0.230. The molecule has 3 nitrogen and oxygen atoms in total. The van der Waals surface area contributed by atoms with Gasteiger partial charge in [-0.1, -0.05) is 17.7 Å². The van der Waals surface area contributed by atoms with Crippen LogP contribution in [0, 0.1) is 43.9 Å². The Hall–Kier alpha value is -1.51. The van der Waals surface area contributed by atoms with Crippen molar-refractivity contribution in [1.29, 1.82) is 0 Å². The third kappa shape index (κ3) is 3.63. The van der Waals surface area contributed by atoms with Crippen molar-refractivity contribution in [2.45, 2.75) is 65.7 Å². The molecular formula is C23H33NO2. The molecule has 4 aliphatic rings. The molecule has 3 heteroatoms. The first-order chi connectivity index (χ1) is 12.4. The molecule has 0 unspecified atom stereocenters. The fourth-order valence-corrected chi connectivity index (χ4v) is 6.65. The highest BCUT2D eigenvalue weighted by Gasteiger charge is 2.51. The number of benzene rings is 1. The van der Waals surface area contributed by atoms with Crippen LogP contribution in [0.2, 0.25) is 0 Å². The molecule has 0 saturated heterocycles. The second-order valence-corrected chi connectivity index (χ2v) is 9.52. The maximum Gasteiger partial charge on any atom is 0.220 e. The lowest BCUT2D eigenvalue weighted by Gasteiger charge is -2.56. The summed E-state index contributed by atoms with van der Waals surface area (Å²) in [5.74, 6) is 3.92. The van der Waals surface area contributed by atoms with Gasteiger partial charge in [0.15, 0.2) is 0 Å². The Morgan fingerprint density at radius 2 is 1.58 bits per heavy atom. The molecule has 4 bridgehead atoms. The van der Waals surface area contributed by atoms with Crippen molar-refractivity contribution >= 4 is 5.91 Å². The topological polar surface area (TPSA) is 38.3 Å². The smallest absolute Gasteiger partial charge is 0.220 e. The van der Waals surface area contributed by atoms with Crippen LogP contribution in [0.5, 0.6) is 5.75 Å². The Morgan fingerprint density at radius 1 is 1.04 bits per heavy atom. The number of carbonyl (C=O) groups is 1. The normalized spacial score (nSPS) is 31.9. The summed E-state index contributed by atoms with van der Waals surface area (Å²) < 4.78 is 5.95. The molecule has 0 radical (unpaired) electrons. The zero-order valence-electron chi connectivity index (χ0n) is 16.6. The molecule has 4 aliphatic carbocycles. The van der Waals surface area contributed by atoms with Crippen LogP contribution in [0.15, 0.2) is 12.1 Å². The van der Waals surface area contributed by atoms with Crippen molar-refractivity contribution in [2.75, 3.05) is 13.2 Å². The summed E-state index contributed by atoms with van der Waals surface area (Å²) in [6.45, 7) is 7.41. The molecule has 1 N–H and O–H groups in total. The molecule has 0 spiro atoms.